The van der Waals surface area contributed by atoms with Crippen molar-refractivity contribution in [2.75, 3.05) is 0 Å². The molecule has 0 amide bonds. The molecule has 0 radical (unpaired) electrons. The summed E-state index contributed by atoms with van der Waals surface area (Å²) in [7, 11) is 0. The fourth-order valence-electron chi connectivity index (χ4n) is 1.21. The smallest absolute Gasteiger partial charge is 0.124 e. The van der Waals surface area contributed by atoms with Gasteiger partial charge in [-0.05, 0) is 28.1 Å². The maximum Gasteiger partial charge on any atom is 0.124 e. The maximum atomic E-state index is 5.61. The maximum absolute atomic E-state index is 5.61. The molecular weight excluding hydrogens is 286 g/mol. The summed E-state index contributed by atoms with van der Waals surface area (Å²) < 4.78 is 1.05. The molecule has 0 bridgehead atoms. The minimum atomic E-state index is 0.403. The van der Waals surface area contributed by atoms with Crippen LogP contribution < -0.4 is 5.73 Å². The standard InChI is InChI=1S/C11H10BrN3S/c12-8-3-1-2-4-10(8)16-11-9(7-13)14-5-6-15-11/h1-6H,7,13H2. The van der Waals surface area contributed by atoms with Gasteiger partial charge < -0.3 is 5.73 Å². The summed E-state index contributed by atoms with van der Waals surface area (Å²) in [4.78, 5) is 9.59. The Labute approximate surface area is 107 Å². The average Bonchev–Trinajstić information content (AvgIpc) is 2.33. The van der Waals surface area contributed by atoms with Crippen molar-refractivity contribution < 1.29 is 0 Å². The molecule has 5 heteroatoms. The van der Waals surface area contributed by atoms with E-state index >= 15 is 0 Å². The largest absolute Gasteiger partial charge is 0.325 e. The van der Waals surface area contributed by atoms with Crippen LogP contribution >= 0.6 is 27.7 Å². The van der Waals surface area contributed by atoms with Gasteiger partial charge in [0.05, 0.1) is 5.69 Å². The average molecular weight is 296 g/mol. The van der Waals surface area contributed by atoms with E-state index in [1.54, 1.807) is 24.2 Å². The molecule has 0 atom stereocenters. The fraction of sp³-hybridized carbons (Fsp3) is 0.0909. The summed E-state index contributed by atoms with van der Waals surface area (Å²) in [6.07, 6.45) is 3.34. The van der Waals surface area contributed by atoms with Gasteiger partial charge in [-0.2, -0.15) is 0 Å². The van der Waals surface area contributed by atoms with Gasteiger partial charge in [0, 0.05) is 28.3 Å². The lowest BCUT2D eigenvalue weighted by Crippen LogP contribution is -2.02. The van der Waals surface area contributed by atoms with E-state index in [9.17, 15) is 0 Å². The second-order valence-corrected chi connectivity index (χ2v) is 4.93. The van der Waals surface area contributed by atoms with Gasteiger partial charge in [-0.3, -0.25) is 4.98 Å². The van der Waals surface area contributed by atoms with Crippen LogP contribution in [0.1, 0.15) is 5.69 Å². The van der Waals surface area contributed by atoms with Gasteiger partial charge in [0.1, 0.15) is 5.03 Å². The van der Waals surface area contributed by atoms with E-state index in [1.807, 2.05) is 24.3 Å². The Hall–Kier alpha value is -0.910. The Morgan fingerprint density at radius 3 is 2.69 bits per heavy atom. The zero-order chi connectivity index (χ0) is 11.4. The first-order chi connectivity index (χ1) is 7.81. The molecule has 0 aliphatic heterocycles. The third-order valence-corrected chi connectivity index (χ3v) is 4.04. The molecule has 0 aliphatic carbocycles. The van der Waals surface area contributed by atoms with Crippen molar-refractivity contribution in [1.82, 2.24) is 9.97 Å². The molecule has 1 heterocycles. The summed E-state index contributed by atoms with van der Waals surface area (Å²) in [6.45, 7) is 0.403. The number of aromatic nitrogens is 2. The molecule has 82 valence electrons. The zero-order valence-electron chi connectivity index (χ0n) is 8.43. The molecule has 0 saturated carbocycles. The predicted octanol–water partition coefficient (Wildman–Crippen LogP) is 2.85. The lowest BCUT2D eigenvalue weighted by atomic mass is 10.4. The second kappa shape index (κ2) is 5.43. The van der Waals surface area contributed by atoms with Crippen LogP contribution in [0.15, 0.2) is 51.1 Å². The summed E-state index contributed by atoms with van der Waals surface area (Å²) in [5, 5.41) is 0.858. The third-order valence-electron chi connectivity index (χ3n) is 1.97. The summed E-state index contributed by atoms with van der Waals surface area (Å²) in [6, 6.07) is 8.00. The SMILES string of the molecule is NCc1nccnc1Sc1ccccc1Br. The van der Waals surface area contributed by atoms with E-state index in [0.29, 0.717) is 6.54 Å². The number of benzene rings is 1. The van der Waals surface area contributed by atoms with Crippen LogP contribution in [0.25, 0.3) is 0 Å². The van der Waals surface area contributed by atoms with Gasteiger partial charge in [0.25, 0.3) is 0 Å². The van der Waals surface area contributed by atoms with E-state index < -0.39 is 0 Å². The molecule has 2 rings (SSSR count). The summed E-state index contributed by atoms with van der Waals surface area (Å²) in [5.74, 6) is 0. The van der Waals surface area contributed by atoms with E-state index in [0.717, 1.165) is 20.1 Å². The minimum Gasteiger partial charge on any atom is -0.325 e. The number of hydrogen-bond acceptors (Lipinski definition) is 4. The number of halogens is 1. The Kier molecular flexibility index (Phi) is 3.93. The molecule has 3 nitrogen and oxygen atoms in total. The molecule has 0 unspecified atom stereocenters. The number of nitrogens with two attached hydrogens (primary N) is 1. The van der Waals surface area contributed by atoms with Gasteiger partial charge in [-0.15, -0.1) is 0 Å². The van der Waals surface area contributed by atoms with Gasteiger partial charge in [-0.1, -0.05) is 23.9 Å². The van der Waals surface area contributed by atoms with Crippen LogP contribution in [0.4, 0.5) is 0 Å². The zero-order valence-corrected chi connectivity index (χ0v) is 10.8. The monoisotopic (exact) mass is 295 g/mol. The second-order valence-electron chi connectivity index (χ2n) is 3.04. The van der Waals surface area contributed by atoms with Crippen molar-refractivity contribution in [2.24, 2.45) is 5.73 Å². The highest BCUT2D eigenvalue weighted by molar-refractivity contribution is 9.10. The predicted molar refractivity (Wildman–Crippen MR) is 68.2 cm³/mol. The Morgan fingerprint density at radius 2 is 1.94 bits per heavy atom. The van der Waals surface area contributed by atoms with E-state index in [2.05, 4.69) is 25.9 Å². The molecule has 1 aromatic carbocycles. The Balaban J connectivity index is 2.30. The van der Waals surface area contributed by atoms with Crippen molar-refractivity contribution in [3.63, 3.8) is 0 Å². The normalized spacial score (nSPS) is 10.4. The van der Waals surface area contributed by atoms with Crippen LogP contribution in [-0.4, -0.2) is 9.97 Å². The van der Waals surface area contributed by atoms with Gasteiger partial charge >= 0.3 is 0 Å². The third kappa shape index (κ3) is 2.61. The lowest BCUT2D eigenvalue weighted by Gasteiger charge is -2.06. The first-order valence-corrected chi connectivity index (χ1v) is 6.34. The van der Waals surface area contributed by atoms with Crippen LogP contribution in [0.5, 0.6) is 0 Å². The number of nitrogens with zero attached hydrogens (tertiary/aromatic N) is 2. The first-order valence-electron chi connectivity index (χ1n) is 4.73. The molecule has 2 N–H and O–H groups in total. The lowest BCUT2D eigenvalue weighted by molar-refractivity contribution is 0.886. The van der Waals surface area contributed by atoms with Gasteiger partial charge in [0.2, 0.25) is 0 Å². The molecular formula is C11H10BrN3S. The number of hydrogen-bond donors (Lipinski definition) is 1. The Bertz CT molecular complexity index is 490. The summed E-state index contributed by atoms with van der Waals surface area (Å²) >= 11 is 5.06. The highest BCUT2D eigenvalue weighted by Crippen LogP contribution is 2.32. The van der Waals surface area contributed by atoms with Crippen molar-refractivity contribution >= 4 is 27.7 Å². The van der Waals surface area contributed by atoms with Crippen molar-refractivity contribution in [3.8, 4) is 0 Å². The van der Waals surface area contributed by atoms with Crippen molar-refractivity contribution in [2.45, 2.75) is 16.5 Å². The summed E-state index contributed by atoms with van der Waals surface area (Å²) in [5.41, 5.74) is 6.44. The first kappa shape index (κ1) is 11.6. The molecule has 2 aromatic rings. The highest BCUT2D eigenvalue weighted by Gasteiger charge is 2.07. The van der Waals surface area contributed by atoms with Crippen molar-refractivity contribution in [3.05, 3.63) is 46.8 Å². The Morgan fingerprint density at radius 1 is 1.19 bits per heavy atom. The van der Waals surface area contributed by atoms with E-state index in [-0.39, 0.29) is 0 Å². The van der Waals surface area contributed by atoms with E-state index in [1.165, 1.54) is 0 Å². The molecule has 0 fully saturated rings. The molecule has 0 spiro atoms. The minimum absolute atomic E-state index is 0.403. The van der Waals surface area contributed by atoms with Crippen LogP contribution in [0, 0.1) is 0 Å². The molecule has 0 aliphatic rings. The number of rotatable bonds is 3. The quantitative estimate of drug-likeness (QED) is 0.946. The highest BCUT2D eigenvalue weighted by atomic mass is 79.9. The van der Waals surface area contributed by atoms with Gasteiger partial charge in [0.15, 0.2) is 0 Å². The molecule has 1 aromatic heterocycles. The van der Waals surface area contributed by atoms with Gasteiger partial charge in [-0.25, -0.2) is 4.98 Å². The van der Waals surface area contributed by atoms with Crippen LogP contribution in [-0.2, 0) is 6.54 Å². The molecule has 0 saturated heterocycles. The molecule has 16 heavy (non-hydrogen) atoms. The van der Waals surface area contributed by atoms with Crippen molar-refractivity contribution in [1.29, 1.82) is 0 Å². The fourth-order valence-corrected chi connectivity index (χ4v) is 2.63. The van der Waals surface area contributed by atoms with Crippen LogP contribution in [0.2, 0.25) is 0 Å². The topological polar surface area (TPSA) is 51.8 Å². The van der Waals surface area contributed by atoms with E-state index in [4.69, 9.17) is 5.73 Å². The van der Waals surface area contributed by atoms with Crippen LogP contribution in [0.3, 0.4) is 0 Å².